The van der Waals surface area contributed by atoms with Crippen molar-refractivity contribution in [3.05, 3.63) is 22.7 Å². The van der Waals surface area contributed by atoms with E-state index in [1.807, 2.05) is 0 Å². The predicted octanol–water partition coefficient (Wildman–Crippen LogP) is 2.13. The number of halogens is 1. The van der Waals surface area contributed by atoms with Gasteiger partial charge in [-0.25, -0.2) is 13.1 Å². The molecule has 0 bridgehead atoms. The molecule has 0 aromatic heterocycles. The molecule has 1 aromatic carbocycles. The van der Waals surface area contributed by atoms with Gasteiger partial charge in [0.15, 0.2) is 0 Å². The van der Waals surface area contributed by atoms with Gasteiger partial charge in [-0.05, 0) is 43.4 Å². The first kappa shape index (κ1) is 15.8. The highest BCUT2D eigenvalue weighted by Crippen LogP contribution is 2.28. The van der Waals surface area contributed by atoms with Gasteiger partial charge < -0.3 is 10.5 Å². The van der Waals surface area contributed by atoms with Crippen LogP contribution in [0.3, 0.4) is 0 Å². The van der Waals surface area contributed by atoms with Gasteiger partial charge in [0.25, 0.3) is 0 Å². The summed E-state index contributed by atoms with van der Waals surface area (Å²) < 4.78 is 32.9. The topological polar surface area (TPSA) is 81.4 Å². The maximum absolute atomic E-state index is 12.1. The number of nitrogens with one attached hydrogen (secondary N) is 1. The number of hydrogen-bond acceptors (Lipinski definition) is 4. The van der Waals surface area contributed by atoms with Crippen LogP contribution in [0.25, 0.3) is 0 Å². The predicted molar refractivity (Wildman–Crippen MR) is 81.9 cm³/mol. The monoisotopic (exact) mass is 362 g/mol. The van der Waals surface area contributed by atoms with E-state index in [0.717, 1.165) is 12.5 Å². The number of nitrogens with two attached hydrogens (primary N) is 1. The van der Waals surface area contributed by atoms with Crippen LogP contribution in [0.15, 0.2) is 27.6 Å². The van der Waals surface area contributed by atoms with Crippen molar-refractivity contribution >= 4 is 31.6 Å². The number of hydrogen-bond donors (Lipinski definition) is 2. The maximum Gasteiger partial charge on any atom is 0.242 e. The van der Waals surface area contributed by atoms with Crippen molar-refractivity contribution in [2.45, 2.75) is 24.2 Å². The first-order valence-electron chi connectivity index (χ1n) is 6.61. The Morgan fingerprint density at radius 1 is 1.40 bits per heavy atom. The van der Waals surface area contributed by atoms with Crippen LogP contribution in [0, 0.1) is 5.92 Å². The van der Waals surface area contributed by atoms with Crippen LogP contribution in [-0.4, -0.2) is 28.2 Å². The Balaban J connectivity index is 1.79. The zero-order valence-corrected chi connectivity index (χ0v) is 13.5. The third-order valence-electron chi connectivity index (χ3n) is 3.07. The lowest BCUT2D eigenvalue weighted by molar-refractivity contribution is 0.123. The van der Waals surface area contributed by atoms with Crippen molar-refractivity contribution in [1.82, 2.24) is 4.72 Å². The Morgan fingerprint density at radius 2 is 2.15 bits per heavy atom. The van der Waals surface area contributed by atoms with Gasteiger partial charge in [0.1, 0.15) is 4.90 Å². The molecule has 7 heteroatoms. The van der Waals surface area contributed by atoms with E-state index in [9.17, 15) is 8.42 Å². The van der Waals surface area contributed by atoms with Crippen LogP contribution < -0.4 is 10.5 Å². The molecule has 0 heterocycles. The number of sulfonamides is 1. The van der Waals surface area contributed by atoms with E-state index >= 15 is 0 Å². The average Bonchev–Trinajstić information content (AvgIpc) is 3.20. The number of rotatable bonds is 8. The normalized spacial score (nSPS) is 15.4. The van der Waals surface area contributed by atoms with Crippen molar-refractivity contribution in [2.75, 3.05) is 25.5 Å². The molecule has 20 heavy (non-hydrogen) atoms. The summed E-state index contributed by atoms with van der Waals surface area (Å²) in [6, 6.07) is 4.78. The number of ether oxygens (including phenoxy) is 1. The van der Waals surface area contributed by atoms with Crippen molar-refractivity contribution in [3.8, 4) is 0 Å². The van der Waals surface area contributed by atoms with Gasteiger partial charge >= 0.3 is 0 Å². The molecule has 1 saturated carbocycles. The lowest BCUT2D eigenvalue weighted by Crippen LogP contribution is -2.26. The summed E-state index contributed by atoms with van der Waals surface area (Å²) >= 11 is 3.24. The summed E-state index contributed by atoms with van der Waals surface area (Å²) in [5, 5.41) is 0. The van der Waals surface area contributed by atoms with Gasteiger partial charge in [-0.2, -0.15) is 0 Å². The minimum Gasteiger partial charge on any atom is -0.398 e. The fourth-order valence-electron chi connectivity index (χ4n) is 1.73. The van der Waals surface area contributed by atoms with Gasteiger partial charge in [0.2, 0.25) is 10.0 Å². The molecule has 0 spiro atoms. The third kappa shape index (κ3) is 4.73. The summed E-state index contributed by atoms with van der Waals surface area (Å²) in [4.78, 5) is 0.103. The molecule has 5 nitrogen and oxygen atoms in total. The Bertz CT molecular complexity index is 559. The van der Waals surface area contributed by atoms with Crippen molar-refractivity contribution in [3.63, 3.8) is 0 Å². The van der Waals surface area contributed by atoms with Crippen LogP contribution in [-0.2, 0) is 14.8 Å². The minimum absolute atomic E-state index is 0.103. The van der Waals surface area contributed by atoms with E-state index in [4.69, 9.17) is 10.5 Å². The molecule has 0 amide bonds. The smallest absolute Gasteiger partial charge is 0.242 e. The van der Waals surface area contributed by atoms with E-state index in [2.05, 4.69) is 20.7 Å². The van der Waals surface area contributed by atoms with E-state index in [0.29, 0.717) is 24.0 Å². The second-order valence-corrected chi connectivity index (χ2v) is 7.60. The molecule has 112 valence electrons. The largest absolute Gasteiger partial charge is 0.398 e. The molecule has 0 aliphatic heterocycles. The highest BCUT2D eigenvalue weighted by molar-refractivity contribution is 9.10. The van der Waals surface area contributed by atoms with Crippen molar-refractivity contribution < 1.29 is 13.2 Å². The van der Waals surface area contributed by atoms with Crippen LogP contribution in [0.2, 0.25) is 0 Å². The van der Waals surface area contributed by atoms with Crippen LogP contribution in [0.5, 0.6) is 0 Å². The summed E-state index contributed by atoms with van der Waals surface area (Å²) in [5.41, 5.74) is 5.94. The van der Waals surface area contributed by atoms with Crippen molar-refractivity contribution in [1.29, 1.82) is 0 Å². The molecule has 1 aromatic rings. The molecule has 2 rings (SSSR count). The lowest BCUT2D eigenvalue weighted by atomic mass is 10.3. The Hall–Kier alpha value is -0.630. The van der Waals surface area contributed by atoms with E-state index in [1.165, 1.54) is 18.9 Å². The Morgan fingerprint density at radius 3 is 2.85 bits per heavy atom. The average molecular weight is 363 g/mol. The van der Waals surface area contributed by atoms with Crippen LogP contribution >= 0.6 is 15.9 Å². The fourth-order valence-corrected chi connectivity index (χ4v) is 3.48. The minimum atomic E-state index is -3.57. The molecule has 1 fully saturated rings. The number of benzene rings is 1. The lowest BCUT2D eigenvalue weighted by Gasteiger charge is -2.09. The second-order valence-electron chi connectivity index (χ2n) is 4.95. The summed E-state index contributed by atoms with van der Waals surface area (Å²) in [6.07, 6.45) is 3.17. The first-order valence-corrected chi connectivity index (χ1v) is 8.89. The third-order valence-corrected chi connectivity index (χ3v) is 5.08. The summed E-state index contributed by atoms with van der Waals surface area (Å²) in [5.74, 6) is 0.730. The molecule has 0 radical (unpaired) electrons. The molecule has 3 N–H and O–H groups in total. The van der Waals surface area contributed by atoms with Gasteiger partial charge in [-0.1, -0.05) is 15.9 Å². The number of anilines is 1. The zero-order chi connectivity index (χ0) is 14.6. The van der Waals surface area contributed by atoms with E-state index in [-0.39, 0.29) is 10.6 Å². The summed E-state index contributed by atoms with van der Waals surface area (Å²) in [6.45, 7) is 1.72. The van der Waals surface area contributed by atoms with E-state index in [1.54, 1.807) is 12.1 Å². The Kier molecular flexibility index (Phi) is 5.42. The molecule has 1 aliphatic rings. The highest BCUT2D eigenvalue weighted by Gasteiger charge is 2.21. The molecule has 0 atom stereocenters. The summed E-state index contributed by atoms with van der Waals surface area (Å²) in [7, 11) is -3.57. The van der Waals surface area contributed by atoms with Crippen LogP contribution in [0.1, 0.15) is 19.3 Å². The molecule has 1 aliphatic carbocycles. The quantitative estimate of drug-likeness (QED) is 0.548. The molecular weight excluding hydrogens is 344 g/mol. The molecule has 0 unspecified atom stereocenters. The van der Waals surface area contributed by atoms with Gasteiger partial charge in [-0.3, -0.25) is 0 Å². The SMILES string of the molecule is Nc1ccc(Br)cc1S(=O)(=O)NCCCOCC1CC1. The second kappa shape index (κ2) is 6.89. The van der Waals surface area contributed by atoms with Gasteiger partial charge in [0.05, 0.1) is 5.69 Å². The maximum atomic E-state index is 12.1. The first-order chi connectivity index (χ1) is 9.49. The molecule has 0 saturated heterocycles. The van der Waals surface area contributed by atoms with Crippen molar-refractivity contribution in [2.24, 2.45) is 5.92 Å². The van der Waals surface area contributed by atoms with E-state index < -0.39 is 10.0 Å². The number of nitrogen functional groups attached to an aromatic ring is 1. The van der Waals surface area contributed by atoms with Gasteiger partial charge in [0, 0.05) is 24.2 Å². The Labute approximate surface area is 128 Å². The highest BCUT2D eigenvalue weighted by atomic mass is 79.9. The van der Waals surface area contributed by atoms with Crippen LogP contribution in [0.4, 0.5) is 5.69 Å². The molecular formula is C13H19BrN2O3S. The zero-order valence-electron chi connectivity index (χ0n) is 11.1. The van der Waals surface area contributed by atoms with Gasteiger partial charge in [-0.15, -0.1) is 0 Å². The standard InChI is InChI=1S/C13H19BrN2O3S/c14-11-4-5-12(15)13(8-11)20(17,18)16-6-1-7-19-9-10-2-3-10/h4-5,8,10,16H,1-3,6-7,9,15H2. The fraction of sp³-hybridized carbons (Fsp3) is 0.538.